The van der Waals surface area contributed by atoms with Gasteiger partial charge in [0, 0.05) is 24.7 Å². The van der Waals surface area contributed by atoms with Crippen LogP contribution in [0.15, 0.2) is 23.7 Å². The summed E-state index contributed by atoms with van der Waals surface area (Å²) in [6, 6.07) is 5.89. The number of aromatic nitrogens is 1. The van der Waals surface area contributed by atoms with Gasteiger partial charge in [-0.05, 0) is 18.2 Å². The van der Waals surface area contributed by atoms with Crippen molar-refractivity contribution in [3.63, 3.8) is 0 Å². The summed E-state index contributed by atoms with van der Waals surface area (Å²) < 4.78 is 6.45. The molecule has 7 heteroatoms. The molecule has 5 nitrogen and oxygen atoms in total. The summed E-state index contributed by atoms with van der Waals surface area (Å²) in [5, 5.41) is 6.17. The lowest BCUT2D eigenvalue weighted by molar-refractivity contribution is -0.117. The molecule has 1 saturated heterocycles. The smallest absolute Gasteiger partial charge is 0.226 e. The van der Waals surface area contributed by atoms with Crippen LogP contribution in [0.2, 0.25) is 0 Å². The Morgan fingerprint density at radius 1 is 1.55 bits per heavy atom. The second kappa shape index (κ2) is 6.99. The summed E-state index contributed by atoms with van der Waals surface area (Å²) in [6.45, 7) is 2.12. The Morgan fingerprint density at radius 2 is 2.45 bits per heavy atom. The molecule has 1 aromatic heterocycles. The highest BCUT2D eigenvalue weighted by Gasteiger charge is 2.16. The van der Waals surface area contributed by atoms with Gasteiger partial charge in [0.2, 0.25) is 5.91 Å². The number of carbonyl (C=O) groups excluding carboxylic acids is 1. The molecule has 0 spiro atoms. The van der Waals surface area contributed by atoms with E-state index in [1.165, 1.54) is 0 Å². The lowest BCUT2D eigenvalue weighted by atomic mass is 10.2. The third-order valence-corrected chi connectivity index (χ3v) is 3.85. The molecule has 1 aliphatic rings. The highest BCUT2D eigenvalue weighted by Crippen LogP contribution is 2.21. The number of benzene rings is 1. The first-order valence-corrected chi connectivity index (χ1v) is 7.13. The molecule has 1 unspecified atom stereocenters. The molecule has 0 radical (unpaired) electrons. The highest BCUT2D eigenvalue weighted by atomic mass is 35.5. The van der Waals surface area contributed by atoms with Crippen LogP contribution in [0.5, 0.6) is 0 Å². The molecule has 0 bridgehead atoms. The molecule has 1 aromatic carbocycles. The minimum absolute atomic E-state index is 0. The summed E-state index contributed by atoms with van der Waals surface area (Å²) in [6.07, 6.45) is 0.426. The van der Waals surface area contributed by atoms with E-state index in [1.807, 2.05) is 18.2 Å². The lowest BCUT2D eigenvalue weighted by Gasteiger charge is -2.23. The standard InChI is InChI=1S/C13H15N3O2S.ClH/c17-13(6-10-7-18-4-3-14-10)16-9-1-2-12-11(5-9)15-8-19-12;/h1-2,5,8,10,14H,3-4,6-7H2,(H,16,17);1H. The minimum atomic E-state index is -0.00224. The third kappa shape index (κ3) is 3.67. The largest absolute Gasteiger partial charge is 0.378 e. The number of halogens is 1. The molecule has 1 atom stereocenters. The van der Waals surface area contributed by atoms with Gasteiger partial charge in [0.25, 0.3) is 0 Å². The van der Waals surface area contributed by atoms with E-state index in [2.05, 4.69) is 15.6 Å². The number of nitrogens with zero attached hydrogens (tertiary/aromatic N) is 1. The number of rotatable bonds is 3. The number of fused-ring (bicyclic) bond motifs is 1. The predicted molar refractivity (Wildman–Crippen MR) is 82.7 cm³/mol. The van der Waals surface area contributed by atoms with E-state index in [1.54, 1.807) is 16.8 Å². The Labute approximate surface area is 127 Å². The van der Waals surface area contributed by atoms with E-state index >= 15 is 0 Å². The first-order chi connectivity index (χ1) is 9.31. The fourth-order valence-corrected chi connectivity index (χ4v) is 2.78. The SMILES string of the molecule is Cl.O=C(CC1COCCN1)Nc1ccc2scnc2c1. The lowest BCUT2D eigenvalue weighted by Crippen LogP contribution is -2.43. The van der Waals surface area contributed by atoms with E-state index in [0.717, 1.165) is 29.1 Å². The van der Waals surface area contributed by atoms with Crippen LogP contribution in [0, 0.1) is 0 Å². The summed E-state index contributed by atoms with van der Waals surface area (Å²) in [5.74, 6) is -0.00224. The van der Waals surface area contributed by atoms with E-state index in [0.29, 0.717) is 13.0 Å². The fourth-order valence-electron chi connectivity index (χ4n) is 2.12. The van der Waals surface area contributed by atoms with Crippen LogP contribution in [0.1, 0.15) is 6.42 Å². The van der Waals surface area contributed by atoms with Crippen LogP contribution in [0.4, 0.5) is 5.69 Å². The second-order valence-electron chi connectivity index (χ2n) is 4.51. The molecule has 2 heterocycles. The number of hydrogen-bond acceptors (Lipinski definition) is 5. The van der Waals surface area contributed by atoms with Crippen LogP contribution in [0.3, 0.4) is 0 Å². The number of morpholine rings is 1. The predicted octanol–water partition coefficient (Wildman–Crippen LogP) is 2.04. The summed E-state index contributed by atoms with van der Waals surface area (Å²) in [5.41, 5.74) is 3.52. The molecule has 1 amide bonds. The number of hydrogen-bond donors (Lipinski definition) is 2. The van der Waals surface area contributed by atoms with Gasteiger partial charge in [-0.3, -0.25) is 4.79 Å². The fraction of sp³-hybridized carbons (Fsp3) is 0.385. The van der Waals surface area contributed by atoms with Gasteiger partial charge in [0.1, 0.15) is 0 Å². The van der Waals surface area contributed by atoms with Gasteiger partial charge in [-0.1, -0.05) is 0 Å². The van der Waals surface area contributed by atoms with Crippen LogP contribution in [-0.2, 0) is 9.53 Å². The number of carbonyl (C=O) groups is 1. The zero-order valence-electron chi connectivity index (χ0n) is 10.8. The molecule has 108 valence electrons. The molecule has 2 aromatic rings. The Bertz CT molecular complexity index is 584. The Balaban J connectivity index is 0.00000147. The molecule has 2 N–H and O–H groups in total. The quantitative estimate of drug-likeness (QED) is 0.910. The van der Waals surface area contributed by atoms with Gasteiger partial charge in [0.05, 0.1) is 28.9 Å². The minimum Gasteiger partial charge on any atom is -0.378 e. The average Bonchev–Trinajstić information content (AvgIpc) is 2.87. The molecule has 20 heavy (non-hydrogen) atoms. The molecule has 0 aliphatic carbocycles. The number of nitrogens with one attached hydrogen (secondary N) is 2. The molecular formula is C13H16ClN3O2S. The number of anilines is 1. The van der Waals surface area contributed by atoms with Crippen molar-refractivity contribution in [3.8, 4) is 0 Å². The van der Waals surface area contributed by atoms with E-state index in [9.17, 15) is 4.79 Å². The van der Waals surface area contributed by atoms with Gasteiger partial charge in [-0.25, -0.2) is 4.98 Å². The Morgan fingerprint density at radius 3 is 3.25 bits per heavy atom. The molecule has 1 fully saturated rings. The zero-order chi connectivity index (χ0) is 13.1. The van der Waals surface area contributed by atoms with E-state index in [4.69, 9.17) is 4.74 Å². The first-order valence-electron chi connectivity index (χ1n) is 6.25. The van der Waals surface area contributed by atoms with Crippen molar-refractivity contribution >= 4 is 45.6 Å². The molecule has 0 saturated carbocycles. The van der Waals surface area contributed by atoms with Gasteiger partial charge < -0.3 is 15.4 Å². The number of ether oxygens (including phenoxy) is 1. The van der Waals surface area contributed by atoms with Gasteiger partial charge >= 0.3 is 0 Å². The van der Waals surface area contributed by atoms with Crippen molar-refractivity contribution in [2.45, 2.75) is 12.5 Å². The molecule has 1 aliphatic heterocycles. The number of amides is 1. The normalized spacial score (nSPS) is 18.5. The third-order valence-electron chi connectivity index (χ3n) is 3.04. The maximum Gasteiger partial charge on any atom is 0.226 e. The monoisotopic (exact) mass is 313 g/mol. The van der Waals surface area contributed by atoms with Crippen molar-refractivity contribution in [2.75, 3.05) is 25.1 Å². The van der Waals surface area contributed by atoms with Crippen molar-refractivity contribution in [1.82, 2.24) is 10.3 Å². The van der Waals surface area contributed by atoms with Crippen LogP contribution in [-0.4, -0.2) is 36.7 Å². The summed E-state index contributed by atoms with van der Waals surface area (Å²) in [7, 11) is 0. The van der Waals surface area contributed by atoms with Crippen LogP contribution >= 0.6 is 23.7 Å². The Kier molecular flexibility index (Phi) is 5.31. The number of thiazole rings is 1. The van der Waals surface area contributed by atoms with Crippen molar-refractivity contribution in [1.29, 1.82) is 0 Å². The van der Waals surface area contributed by atoms with Gasteiger partial charge in [-0.15, -0.1) is 23.7 Å². The van der Waals surface area contributed by atoms with E-state index in [-0.39, 0.29) is 24.4 Å². The summed E-state index contributed by atoms with van der Waals surface area (Å²) >= 11 is 1.59. The van der Waals surface area contributed by atoms with Crippen LogP contribution < -0.4 is 10.6 Å². The topological polar surface area (TPSA) is 63.2 Å². The van der Waals surface area contributed by atoms with Gasteiger partial charge in [0.15, 0.2) is 0 Å². The maximum atomic E-state index is 11.9. The van der Waals surface area contributed by atoms with Crippen molar-refractivity contribution in [2.24, 2.45) is 0 Å². The van der Waals surface area contributed by atoms with Crippen molar-refractivity contribution < 1.29 is 9.53 Å². The van der Waals surface area contributed by atoms with Gasteiger partial charge in [-0.2, -0.15) is 0 Å². The van der Waals surface area contributed by atoms with E-state index < -0.39 is 0 Å². The average molecular weight is 314 g/mol. The zero-order valence-corrected chi connectivity index (χ0v) is 12.4. The molecule has 3 rings (SSSR count). The van der Waals surface area contributed by atoms with Crippen molar-refractivity contribution in [3.05, 3.63) is 23.7 Å². The highest BCUT2D eigenvalue weighted by molar-refractivity contribution is 7.16. The maximum absolute atomic E-state index is 11.9. The first kappa shape index (κ1) is 15.2. The summed E-state index contributed by atoms with van der Waals surface area (Å²) in [4.78, 5) is 16.2. The Hall–Kier alpha value is -1.21. The second-order valence-corrected chi connectivity index (χ2v) is 5.40. The van der Waals surface area contributed by atoms with Crippen LogP contribution in [0.25, 0.3) is 10.2 Å². The molecular weight excluding hydrogens is 298 g/mol.